The molecule has 7 nitrogen and oxygen atoms in total. The summed E-state index contributed by atoms with van der Waals surface area (Å²) in [5, 5.41) is 1.02. The Bertz CT molecular complexity index is 688. The van der Waals surface area contributed by atoms with E-state index < -0.39 is 17.5 Å². The third-order valence-corrected chi connectivity index (χ3v) is 3.94. The van der Waals surface area contributed by atoms with Crippen molar-refractivity contribution in [2.24, 2.45) is 28.2 Å². The van der Waals surface area contributed by atoms with Gasteiger partial charge in [0.25, 0.3) is 5.91 Å². The lowest BCUT2D eigenvalue weighted by Gasteiger charge is -2.17. The number of benzene rings is 1. The van der Waals surface area contributed by atoms with Gasteiger partial charge in [-0.15, -0.1) is 0 Å². The van der Waals surface area contributed by atoms with Gasteiger partial charge in [0.05, 0.1) is 24.9 Å². The van der Waals surface area contributed by atoms with Gasteiger partial charge in [0.2, 0.25) is 0 Å². The van der Waals surface area contributed by atoms with E-state index in [9.17, 15) is 13.6 Å². The summed E-state index contributed by atoms with van der Waals surface area (Å²) in [5.74, 6) is 3.87. The minimum absolute atomic E-state index is 0.124. The van der Waals surface area contributed by atoms with Gasteiger partial charge in [-0.3, -0.25) is 14.8 Å². The number of methoxy groups -OCH3 is 1. The van der Waals surface area contributed by atoms with Crippen LogP contribution in [0.25, 0.3) is 0 Å². The van der Waals surface area contributed by atoms with Crippen LogP contribution in [0.15, 0.2) is 34.6 Å². The fourth-order valence-electron chi connectivity index (χ4n) is 2.37. The molecule has 1 aliphatic rings. The van der Waals surface area contributed by atoms with Crippen molar-refractivity contribution in [1.82, 2.24) is 5.01 Å². The number of amides is 1. The van der Waals surface area contributed by atoms with Crippen molar-refractivity contribution in [1.29, 1.82) is 0 Å². The predicted molar refractivity (Wildman–Crippen MR) is 88.8 cm³/mol. The molecule has 1 aromatic rings. The SMILES string of the molecule is COC[C@@H]1CC1N(N)C(=O)/C(N)=C(\N)C=NCc1c(F)cccc1F. The fraction of sp³-hybridized carbons (Fsp3) is 0.375. The number of allylic oxidation sites excluding steroid dienone is 1. The van der Waals surface area contributed by atoms with E-state index in [-0.39, 0.29) is 35.5 Å². The Morgan fingerprint density at radius 1 is 1.40 bits per heavy atom. The molecule has 25 heavy (non-hydrogen) atoms. The standard InChI is InChI=1S/C16H21F2N5O2/c1-25-8-9-5-14(9)23(21)16(24)15(20)13(19)7-22-6-10-11(17)3-2-4-12(10)18/h2-4,7,9,14H,5-6,8,19-21H2,1H3/b15-13+,22-7?/t9-,14?/m0/s1. The van der Waals surface area contributed by atoms with Crippen LogP contribution in [-0.2, 0) is 16.1 Å². The van der Waals surface area contributed by atoms with Gasteiger partial charge < -0.3 is 16.2 Å². The van der Waals surface area contributed by atoms with Gasteiger partial charge in [0.1, 0.15) is 17.3 Å². The average molecular weight is 353 g/mol. The number of hydrazine groups is 1. The molecule has 1 aromatic carbocycles. The highest BCUT2D eigenvalue weighted by molar-refractivity contribution is 5.98. The summed E-state index contributed by atoms with van der Waals surface area (Å²) in [6.07, 6.45) is 1.82. The molecule has 9 heteroatoms. The van der Waals surface area contributed by atoms with Gasteiger partial charge in [-0.25, -0.2) is 14.6 Å². The number of rotatable bonds is 7. The maximum Gasteiger partial charge on any atom is 0.286 e. The number of carbonyl (C=O) groups excluding carboxylic acids is 1. The second kappa shape index (κ2) is 8.04. The lowest BCUT2D eigenvalue weighted by atomic mass is 10.2. The van der Waals surface area contributed by atoms with Gasteiger partial charge in [0.15, 0.2) is 0 Å². The third kappa shape index (κ3) is 4.52. The number of hydrogen-bond donors (Lipinski definition) is 3. The van der Waals surface area contributed by atoms with Crippen molar-refractivity contribution in [3.05, 3.63) is 46.8 Å². The topological polar surface area (TPSA) is 120 Å². The number of carbonyl (C=O) groups is 1. The van der Waals surface area contributed by atoms with E-state index >= 15 is 0 Å². The Morgan fingerprint density at radius 3 is 2.64 bits per heavy atom. The molecule has 0 spiro atoms. The number of nitrogens with two attached hydrogens (primary N) is 3. The number of nitrogens with zero attached hydrogens (tertiary/aromatic N) is 2. The van der Waals surface area contributed by atoms with Crippen LogP contribution in [0, 0.1) is 17.6 Å². The maximum atomic E-state index is 13.5. The molecule has 1 amide bonds. The third-order valence-electron chi connectivity index (χ3n) is 3.94. The van der Waals surface area contributed by atoms with E-state index in [2.05, 4.69) is 4.99 Å². The molecule has 6 N–H and O–H groups in total. The minimum Gasteiger partial charge on any atom is -0.396 e. The zero-order valence-corrected chi connectivity index (χ0v) is 13.8. The van der Waals surface area contributed by atoms with Gasteiger partial charge in [-0.05, 0) is 18.6 Å². The zero-order chi connectivity index (χ0) is 18.6. The number of ether oxygens (including phenoxy) is 1. The molecule has 1 saturated carbocycles. The van der Waals surface area contributed by atoms with E-state index in [1.807, 2.05) is 0 Å². The van der Waals surface area contributed by atoms with Crippen molar-refractivity contribution >= 4 is 12.1 Å². The predicted octanol–water partition coefficient (Wildman–Crippen LogP) is 0.402. The van der Waals surface area contributed by atoms with Crippen LogP contribution < -0.4 is 17.3 Å². The molecular weight excluding hydrogens is 332 g/mol. The normalized spacial score (nSPS) is 20.5. The lowest BCUT2D eigenvalue weighted by molar-refractivity contribution is -0.128. The molecule has 1 unspecified atom stereocenters. The first kappa shape index (κ1) is 18.8. The first-order valence-electron chi connectivity index (χ1n) is 7.62. The van der Waals surface area contributed by atoms with Crippen LogP contribution in [0.1, 0.15) is 12.0 Å². The molecular formula is C16H21F2N5O2. The minimum atomic E-state index is -0.713. The molecule has 2 rings (SSSR count). The highest BCUT2D eigenvalue weighted by Gasteiger charge is 2.43. The molecule has 1 fully saturated rings. The van der Waals surface area contributed by atoms with Crippen molar-refractivity contribution in [2.75, 3.05) is 13.7 Å². The Balaban J connectivity index is 2.00. The van der Waals surface area contributed by atoms with Gasteiger partial charge in [-0.2, -0.15) is 0 Å². The molecule has 0 radical (unpaired) electrons. The van der Waals surface area contributed by atoms with Crippen LogP contribution >= 0.6 is 0 Å². The van der Waals surface area contributed by atoms with E-state index in [1.54, 1.807) is 7.11 Å². The second-order valence-electron chi connectivity index (χ2n) is 5.77. The zero-order valence-electron chi connectivity index (χ0n) is 13.8. The van der Waals surface area contributed by atoms with E-state index in [0.717, 1.165) is 29.8 Å². The Kier molecular flexibility index (Phi) is 6.05. The smallest absolute Gasteiger partial charge is 0.286 e. The summed E-state index contributed by atoms with van der Waals surface area (Å²) in [4.78, 5) is 16.0. The lowest BCUT2D eigenvalue weighted by Crippen LogP contribution is -2.43. The second-order valence-corrected chi connectivity index (χ2v) is 5.77. The van der Waals surface area contributed by atoms with Crippen molar-refractivity contribution in [3.63, 3.8) is 0 Å². The monoisotopic (exact) mass is 353 g/mol. The fourth-order valence-corrected chi connectivity index (χ4v) is 2.37. The van der Waals surface area contributed by atoms with Gasteiger partial charge >= 0.3 is 0 Å². The van der Waals surface area contributed by atoms with Crippen LogP contribution in [0.5, 0.6) is 0 Å². The summed E-state index contributed by atoms with van der Waals surface area (Å²) in [7, 11) is 1.57. The number of halogens is 2. The summed E-state index contributed by atoms with van der Waals surface area (Å²) in [6.45, 7) is 0.228. The van der Waals surface area contributed by atoms with Gasteiger partial charge in [-0.1, -0.05) is 6.07 Å². The van der Waals surface area contributed by atoms with Crippen molar-refractivity contribution < 1.29 is 18.3 Å². The highest BCUT2D eigenvalue weighted by Crippen LogP contribution is 2.34. The van der Waals surface area contributed by atoms with Crippen LogP contribution in [-0.4, -0.2) is 36.9 Å². The van der Waals surface area contributed by atoms with Crippen LogP contribution in [0.2, 0.25) is 0 Å². The number of hydrogen-bond acceptors (Lipinski definition) is 6. The molecule has 0 heterocycles. The average Bonchev–Trinajstić information content (AvgIpc) is 3.35. The van der Waals surface area contributed by atoms with Gasteiger partial charge in [0, 0.05) is 24.8 Å². The number of aliphatic imine (C=N–C) groups is 1. The summed E-state index contributed by atoms with van der Waals surface area (Å²) in [5.41, 5.74) is 10.8. The van der Waals surface area contributed by atoms with E-state index in [1.165, 1.54) is 6.07 Å². The Morgan fingerprint density at radius 2 is 2.04 bits per heavy atom. The quantitative estimate of drug-likeness (QED) is 0.215. The highest BCUT2D eigenvalue weighted by atomic mass is 19.1. The molecule has 136 valence electrons. The molecule has 0 bridgehead atoms. The van der Waals surface area contributed by atoms with Crippen LogP contribution in [0.3, 0.4) is 0 Å². The molecule has 0 aromatic heterocycles. The molecule has 2 atom stereocenters. The first-order chi connectivity index (χ1) is 11.9. The maximum absolute atomic E-state index is 13.5. The Hall–Kier alpha value is -2.52. The van der Waals surface area contributed by atoms with Crippen molar-refractivity contribution in [2.45, 2.75) is 19.0 Å². The van der Waals surface area contributed by atoms with Crippen LogP contribution in [0.4, 0.5) is 8.78 Å². The summed E-state index contributed by atoms with van der Waals surface area (Å²) >= 11 is 0. The Labute approximate surface area is 144 Å². The van der Waals surface area contributed by atoms with E-state index in [4.69, 9.17) is 22.0 Å². The largest absolute Gasteiger partial charge is 0.396 e. The summed E-state index contributed by atoms with van der Waals surface area (Å²) < 4.78 is 32.0. The van der Waals surface area contributed by atoms with Crippen molar-refractivity contribution in [3.8, 4) is 0 Å². The molecule has 0 saturated heterocycles. The summed E-state index contributed by atoms with van der Waals surface area (Å²) in [6, 6.07) is 3.36. The van der Waals surface area contributed by atoms with E-state index in [0.29, 0.717) is 6.61 Å². The molecule has 0 aliphatic heterocycles. The first-order valence-corrected chi connectivity index (χ1v) is 7.62. The molecule has 1 aliphatic carbocycles.